The third kappa shape index (κ3) is 5.31. The zero-order valence-electron chi connectivity index (χ0n) is 21.6. The maximum atomic E-state index is 13.6. The van der Waals surface area contributed by atoms with Gasteiger partial charge in [0.25, 0.3) is 0 Å². The molecule has 202 valence electrons. The van der Waals surface area contributed by atoms with Gasteiger partial charge in [0, 0.05) is 30.9 Å². The van der Waals surface area contributed by atoms with E-state index < -0.39 is 10.0 Å². The van der Waals surface area contributed by atoms with Crippen molar-refractivity contribution in [3.63, 3.8) is 0 Å². The van der Waals surface area contributed by atoms with Gasteiger partial charge in [-0.2, -0.15) is 4.31 Å². The summed E-state index contributed by atoms with van der Waals surface area (Å²) in [5, 5.41) is 2.03. The van der Waals surface area contributed by atoms with E-state index in [0.717, 1.165) is 28.0 Å². The second-order valence-electron chi connectivity index (χ2n) is 9.32. The minimum atomic E-state index is -3.54. The molecule has 2 aliphatic heterocycles. The number of morpholine rings is 1. The van der Waals surface area contributed by atoms with Gasteiger partial charge in [0.2, 0.25) is 15.9 Å². The first-order chi connectivity index (χ1) is 18.4. The van der Waals surface area contributed by atoms with Crippen LogP contribution in [-0.4, -0.2) is 70.6 Å². The fourth-order valence-electron chi connectivity index (χ4n) is 5.13. The van der Waals surface area contributed by atoms with Crippen LogP contribution >= 0.6 is 11.3 Å². The van der Waals surface area contributed by atoms with Crippen molar-refractivity contribution in [2.45, 2.75) is 30.2 Å². The summed E-state index contributed by atoms with van der Waals surface area (Å²) in [5.74, 6) is 1.40. The zero-order chi connectivity index (χ0) is 26.7. The maximum Gasteiger partial charge on any atom is 0.243 e. The highest BCUT2D eigenvalue weighted by Gasteiger charge is 2.34. The summed E-state index contributed by atoms with van der Waals surface area (Å²) in [4.78, 5) is 16.9. The summed E-state index contributed by atoms with van der Waals surface area (Å²) in [7, 11) is -0.291. The summed E-state index contributed by atoms with van der Waals surface area (Å²) in [5.41, 5.74) is 3.14. The smallest absolute Gasteiger partial charge is 0.243 e. The van der Waals surface area contributed by atoms with Gasteiger partial charge in [-0.05, 0) is 65.2 Å². The lowest BCUT2D eigenvalue weighted by Crippen LogP contribution is -2.40. The van der Waals surface area contributed by atoms with Crippen molar-refractivity contribution < 1.29 is 27.4 Å². The second kappa shape index (κ2) is 11.4. The molecule has 2 aliphatic rings. The fourth-order valence-corrected chi connectivity index (χ4v) is 7.39. The van der Waals surface area contributed by atoms with Gasteiger partial charge in [-0.15, -0.1) is 11.3 Å². The van der Waals surface area contributed by atoms with E-state index in [-0.39, 0.29) is 16.8 Å². The highest BCUT2D eigenvalue weighted by molar-refractivity contribution is 7.89. The van der Waals surface area contributed by atoms with Crippen LogP contribution in [0.2, 0.25) is 0 Å². The Morgan fingerprint density at radius 3 is 2.39 bits per heavy atom. The molecule has 0 spiro atoms. The van der Waals surface area contributed by atoms with Gasteiger partial charge < -0.3 is 19.1 Å². The molecule has 1 amide bonds. The molecule has 0 bridgehead atoms. The van der Waals surface area contributed by atoms with Gasteiger partial charge in [-0.3, -0.25) is 4.79 Å². The molecule has 1 aromatic heterocycles. The van der Waals surface area contributed by atoms with Crippen LogP contribution in [0.15, 0.2) is 58.8 Å². The van der Waals surface area contributed by atoms with Gasteiger partial charge in [0.15, 0.2) is 11.5 Å². The molecule has 5 rings (SSSR count). The Bertz CT molecular complexity index is 1370. The number of sulfonamides is 1. The number of amides is 1. The van der Waals surface area contributed by atoms with Crippen LogP contribution in [0.25, 0.3) is 0 Å². The Hall–Kier alpha value is -2.92. The lowest BCUT2D eigenvalue weighted by Gasteiger charge is -2.37. The topological polar surface area (TPSA) is 85.4 Å². The number of thiophene rings is 1. The molecular formula is C28H32N2O6S2. The summed E-state index contributed by atoms with van der Waals surface area (Å²) < 4.78 is 43.6. The van der Waals surface area contributed by atoms with Crippen LogP contribution in [-0.2, 0) is 32.4 Å². The highest BCUT2D eigenvalue weighted by atomic mass is 32.2. The Kier molecular flexibility index (Phi) is 8.04. The number of aryl methyl sites for hydroxylation is 1. The van der Waals surface area contributed by atoms with Gasteiger partial charge in [-0.25, -0.2) is 8.42 Å². The predicted octanol–water partition coefficient (Wildman–Crippen LogP) is 3.89. The van der Waals surface area contributed by atoms with Crippen LogP contribution in [0.1, 0.15) is 34.0 Å². The molecule has 38 heavy (non-hydrogen) atoms. The quantitative estimate of drug-likeness (QED) is 0.419. The molecule has 0 saturated carbocycles. The van der Waals surface area contributed by atoms with E-state index in [2.05, 4.69) is 6.07 Å². The number of benzene rings is 2. The molecule has 0 aliphatic carbocycles. The Balaban J connectivity index is 1.32. The van der Waals surface area contributed by atoms with Crippen LogP contribution in [0, 0.1) is 0 Å². The van der Waals surface area contributed by atoms with Gasteiger partial charge in [0.1, 0.15) is 0 Å². The highest BCUT2D eigenvalue weighted by Crippen LogP contribution is 2.42. The molecule has 8 nitrogen and oxygen atoms in total. The zero-order valence-corrected chi connectivity index (χ0v) is 23.2. The molecular weight excluding hydrogens is 524 g/mol. The standard InChI is InChI=1S/C28H32N2O6S2/c1-34-24-18-21-11-12-30(28(26-4-3-17-37-26)23(21)19-25(24)35-2)27(31)10-7-20-5-8-22(9-6-20)38(32,33)29-13-15-36-16-14-29/h3-6,8-9,17-19,28H,7,10-16H2,1-2H3. The van der Waals surface area contributed by atoms with Crippen LogP contribution < -0.4 is 9.47 Å². The van der Waals surface area contributed by atoms with E-state index >= 15 is 0 Å². The number of carbonyl (C=O) groups is 1. The first kappa shape index (κ1) is 26.7. The number of methoxy groups -OCH3 is 2. The number of nitrogens with zero attached hydrogens (tertiary/aromatic N) is 2. The third-order valence-corrected chi connectivity index (χ3v) is 10.0. The average molecular weight is 557 g/mol. The molecule has 0 radical (unpaired) electrons. The van der Waals surface area contributed by atoms with Gasteiger partial charge in [0.05, 0.1) is 38.4 Å². The minimum Gasteiger partial charge on any atom is -0.493 e. The van der Waals surface area contributed by atoms with Crippen molar-refractivity contribution in [3.05, 3.63) is 75.5 Å². The molecule has 1 fully saturated rings. The summed E-state index contributed by atoms with van der Waals surface area (Å²) in [6.45, 7) is 2.16. The van der Waals surface area contributed by atoms with Gasteiger partial charge in [-0.1, -0.05) is 18.2 Å². The predicted molar refractivity (Wildman–Crippen MR) is 145 cm³/mol. The SMILES string of the molecule is COc1cc2c(cc1OC)C(c1cccs1)N(C(=O)CCc1ccc(S(=O)(=O)N3CCOCC3)cc1)CC2. The Labute approximate surface area is 227 Å². The van der Waals surface area contributed by atoms with Crippen molar-refractivity contribution in [1.29, 1.82) is 0 Å². The Morgan fingerprint density at radius 2 is 1.74 bits per heavy atom. The maximum absolute atomic E-state index is 13.6. The summed E-state index contributed by atoms with van der Waals surface area (Å²) in [6.07, 6.45) is 1.60. The fraction of sp³-hybridized carbons (Fsp3) is 0.393. The van der Waals surface area contributed by atoms with E-state index in [1.807, 2.05) is 28.5 Å². The molecule has 1 atom stereocenters. The van der Waals surface area contributed by atoms with Crippen molar-refractivity contribution in [2.24, 2.45) is 0 Å². The van der Waals surface area contributed by atoms with Crippen molar-refractivity contribution in [1.82, 2.24) is 9.21 Å². The average Bonchev–Trinajstić information content (AvgIpc) is 3.50. The lowest BCUT2D eigenvalue weighted by atomic mass is 9.90. The molecule has 2 aromatic carbocycles. The van der Waals surface area contributed by atoms with Crippen LogP contribution in [0.3, 0.4) is 0 Å². The first-order valence-corrected chi connectivity index (χ1v) is 15.0. The van der Waals surface area contributed by atoms with Gasteiger partial charge >= 0.3 is 0 Å². The van der Waals surface area contributed by atoms with Crippen molar-refractivity contribution in [2.75, 3.05) is 47.1 Å². The molecule has 3 heterocycles. The van der Waals surface area contributed by atoms with Crippen molar-refractivity contribution >= 4 is 27.3 Å². The third-order valence-electron chi connectivity index (χ3n) is 7.17. The number of hydrogen-bond donors (Lipinski definition) is 0. The minimum absolute atomic E-state index is 0.0637. The number of carbonyl (C=O) groups excluding carboxylic acids is 1. The normalized spacial score (nSPS) is 18.2. The molecule has 1 saturated heterocycles. The van der Waals surface area contributed by atoms with E-state index in [9.17, 15) is 13.2 Å². The molecule has 10 heteroatoms. The largest absolute Gasteiger partial charge is 0.493 e. The lowest BCUT2D eigenvalue weighted by molar-refractivity contribution is -0.133. The van der Waals surface area contributed by atoms with Crippen LogP contribution in [0.4, 0.5) is 0 Å². The Morgan fingerprint density at radius 1 is 1.03 bits per heavy atom. The number of ether oxygens (including phenoxy) is 3. The molecule has 0 N–H and O–H groups in total. The number of hydrogen-bond acceptors (Lipinski definition) is 7. The van der Waals surface area contributed by atoms with E-state index in [1.54, 1.807) is 49.8 Å². The summed E-state index contributed by atoms with van der Waals surface area (Å²) >= 11 is 1.63. The number of fused-ring (bicyclic) bond motifs is 1. The second-order valence-corrected chi connectivity index (χ2v) is 12.2. The van der Waals surface area contributed by atoms with Crippen molar-refractivity contribution in [3.8, 4) is 11.5 Å². The van der Waals surface area contributed by atoms with E-state index in [0.29, 0.717) is 57.2 Å². The molecule has 3 aromatic rings. The first-order valence-electron chi connectivity index (χ1n) is 12.7. The monoisotopic (exact) mass is 556 g/mol. The molecule has 1 unspecified atom stereocenters. The number of rotatable bonds is 8. The van der Waals surface area contributed by atoms with Crippen LogP contribution in [0.5, 0.6) is 11.5 Å². The summed E-state index contributed by atoms with van der Waals surface area (Å²) in [6, 6.07) is 14.8. The van der Waals surface area contributed by atoms with E-state index in [1.165, 1.54) is 4.31 Å². The van der Waals surface area contributed by atoms with E-state index in [4.69, 9.17) is 14.2 Å².